The number of methoxy groups -OCH3 is 2. The molecule has 0 amide bonds. The second kappa shape index (κ2) is 5.97. The second-order valence-electron chi connectivity index (χ2n) is 3.59. The van der Waals surface area contributed by atoms with Crippen molar-refractivity contribution in [2.45, 2.75) is 12.5 Å². The molecule has 0 saturated heterocycles. The van der Waals surface area contributed by atoms with Crippen molar-refractivity contribution in [2.75, 3.05) is 14.2 Å². The van der Waals surface area contributed by atoms with Gasteiger partial charge in [-0.2, -0.15) is 0 Å². The van der Waals surface area contributed by atoms with Gasteiger partial charge in [0.2, 0.25) is 0 Å². The molecule has 0 fully saturated rings. The summed E-state index contributed by atoms with van der Waals surface area (Å²) < 4.78 is 9.54. The molecule has 1 aromatic carbocycles. The summed E-state index contributed by atoms with van der Waals surface area (Å²) in [5.74, 6) is -0.223. The Hall–Kier alpha value is -2.15. The average Bonchev–Trinajstić information content (AvgIpc) is 2.37. The Balaban J connectivity index is 2.96. The lowest BCUT2D eigenvalue weighted by atomic mass is 10.0. The second-order valence-corrected chi connectivity index (χ2v) is 3.59. The summed E-state index contributed by atoms with van der Waals surface area (Å²) in [5, 5.41) is 10.6. The third-order valence-corrected chi connectivity index (χ3v) is 2.43. The minimum absolute atomic E-state index is 0.0813. The number of nitrogens with zero attached hydrogens (tertiary/aromatic N) is 1. The molecule has 98 valence electrons. The molecule has 0 heterocycles. The molecular formula is C11H14N2O5. The first kappa shape index (κ1) is 13.9. The van der Waals surface area contributed by atoms with Crippen molar-refractivity contribution in [3.63, 3.8) is 0 Å². The molecule has 0 unspecified atom stereocenters. The van der Waals surface area contributed by atoms with Gasteiger partial charge in [0, 0.05) is 12.5 Å². The zero-order valence-electron chi connectivity index (χ0n) is 10.1. The van der Waals surface area contributed by atoms with Crippen LogP contribution in [-0.2, 0) is 16.0 Å². The van der Waals surface area contributed by atoms with E-state index in [1.807, 2.05) is 0 Å². The average molecular weight is 254 g/mol. The number of hydrogen-bond donors (Lipinski definition) is 1. The molecule has 2 N–H and O–H groups in total. The van der Waals surface area contributed by atoms with E-state index in [-0.39, 0.29) is 12.1 Å². The van der Waals surface area contributed by atoms with E-state index in [4.69, 9.17) is 10.5 Å². The number of carbonyl (C=O) groups excluding carboxylic acids is 1. The first-order valence-electron chi connectivity index (χ1n) is 5.14. The Morgan fingerprint density at radius 1 is 1.50 bits per heavy atom. The molecular weight excluding hydrogens is 240 g/mol. The smallest absolute Gasteiger partial charge is 0.322 e. The quantitative estimate of drug-likeness (QED) is 0.470. The molecule has 0 aliphatic heterocycles. The van der Waals surface area contributed by atoms with Crippen molar-refractivity contribution < 1.29 is 19.2 Å². The predicted octanol–water partition coefficient (Wildman–Crippen LogP) is 0.646. The zero-order chi connectivity index (χ0) is 13.7. The minimum atomic E-state index is -0.828. The summed E-state index contributed by atoms with van der Waals surface area (Å²) in [4.78, 5) is 21.3. The van der Waals surface area contributed by atoms with E-state index < -0.39 is 16.9 Å². The standard InChI is InChI=1S/C11H14N2O5/c1-17-10-6-8(13(15)16)4-3-7(10)5-9(12)11(14)18-2/h3-4,6,9H,5,12H2,1-2H3/t9-/m1/s1. The number of nitrogens with two attached hydrogens (primary N) is 1. The highest BCUT2D eigenvalue weighted by Crippen LogP contribution is 2.25. The Morgan fingerprint density at radius 2 is 2.17 bits per heavy atom. The first-order valence-corrected chi connectivity index (χ1v) is 5.14. The number of non-ortho nitro benzene ring substituents is 1. The zero-order valence-corrected chi connectivity index (χ0v) is 10.1. The van der Waals surface area contributed by atoms with Gasteiger partial charge in [-0.15, -0.1) is 0 Å². The van der Waals surface area contributed by atoms with Gasteiger partial charge in [-0.05, 0) is 11.6 Å². The van der Waals surface area contributed by atoms with Crippen LogP contribution in [0.15, 0.2) is 18.2 Å². The van der Waals surface area contributed by atoms with Gasteiger partial charge in [0.25, 0.3) is 5.69 Å². The third-order valence-electron chi connectivity index (χ3n) is 2.43. The molecule has 0 aliphatic rings. The highest BCUT2D eigenvalue weighted by Gasteiger charge is 2.18. The maximum Gasteiger partial charge on any atom is 0.322 e. The van der Waals surface area contributed by atoms with Crippen LogP contribution in [0.5, 0.6) is 5.75 Å². The van der Waals surface area contributed by atoms with E-state index in [9.17, 15) is 14.9 Å². The van der Waals surface area contributed by atoms with E-state index in [1.54, 1.807) is 0 Å². The Kier molecular flexibility index (Phi) is 4.61. The Morgan fingerprint density at radius 3 is 2.67 bits per heavy atom. The molecule has 7 nitrogen and oxygen atoms in total. The summed E-state index contributed by atoms with van der Waals surface area (Å²) in [7, 11) is 2.64. The maximum absolute atomic E-state index is 11.2. The molecule has 1 rings (SSSR count). The highest BCUT2D eigenvalue weighted by molar-refractivity contribution is 5.75. The molecule has 1 aromatic rings. The number of benzene rings is 1. The van der Waals surface area contributed by atoms with Crippen LogP contribution in [0.25, 0.3) is 0 Å². The topological polar surface area (TPSA) is 105 Å². The summed E-state index contributed by atoms with van der Waals surface area (Å²) >= 11 is 0. The predicted molar refractivity (Wildman–Crippen MR) is 63.3 cm³/mol. The molecule has 0 bridgehead atoms. The van der Waals surface area contributed by atoms with Crippen LogP contribution >= 0.6 is 0 Å². The van der Waals surface area contributed by atoms with Crippen molar-refractivity contribution in [2.24, 2.45) is 5.73 Å². The van der Waals surface area contributed by atoms with Gasteiger partial charge in [-0.25, -0.2) is 0 Å². The van der Waals surface area contributed by atoms with Gasteiger partial charge in [0.1, 0.15) is 11.8 Å². The third kappa shape index (κ3) is 3.17. The Bertz CT molecular complexity index is 461. The van der Waals surface area contributed by atoms with E-state index in [0.717, 1.165) is 0 Å². The fourth-order valence-electron chi connectivity index (χ4n) is 1.49. The van der Waals surface area contributed by atoms with Gasteiger partial charge in [0.15, 0.2) is 0 Å². The van der Waals surface area contributed by atoms with E-state index in [2.05, 4.69) is 4.74 Å². The first-order chi connectivity index (χ1) is 8.49. The number of nitro groups is 1. The van der Waals surface area contributed by atoms with Crippen molar-refractivity contribution in [3.05, 3.63) is 33.9 Å². The van der Waals surface area contributed by atoms with Crippen LogP contribution in [0.1, 0.15) is 5.56 Å². The summed E-state index contributed by atoms with van der Waals surface area (Å²) in [6.45, 7) is 0. The van der Waals surface area contributed by atoms with Crippen LogP contribution in [0, 0.1) is 10.1 Å². The van der Waals surface area contributed by atoms with E-state index in [1.165, 1.54) is 32.4 Å². The minimum Gasteiger partial charge on any atom is -0.496 e. The molecule has 7 heteroatoms. The van der Waals surface area contributed by atoms with Gasteiger partial charge >= 0.3 is 5.97 Å². The number of rotatable bonds is 5. The molecule has 18 heavy (non-hydrogen) atoms. The molecule has 0 aromatic heterocycles. The number of ether oxygens (including phenoxy) is 2. The van der Waals surface area contributed by atoms with Gasteiger partial charge in [-0.1, -0.05) is 0 Å². The van der Waals surface area contributed by atoms with Crippen LogP contribution < -0.4 is 10.5 Å². The van der Waals surface area contributed by atoms with E-state index in [0.29, 0.717) is 11.3 Å². The lowest BCUT2D eigenvalue weighted by Gasteiger charge is -2.12. The molecule has 0 radical (unpaired) electrons. The van der Waals surface area contributed by atoms with E-state index >= 15 is 0 Å². The molecule has 0 aliphatic carbocycles. The molecule has 0 saturated carbocycles. The van der Waals surface area contributed by atoms with Gasteiger partial charge in [-0.3, -0.25) is 14.9 Å². The monoisotopic (exact) mass is 254 g/mol. The highest BCUT2D eigenvalue weighted by atomic mass is 16.6. The van der Waals surface area contributed by atoms with Crippen molar-refractivity contribution >= 4 is 11.7 Å². The summed E-state index contributed by atoms with van der Waals surface area (Å²) in [6, 6.07) is 3.31. The van der Waals surface area contributed by atoms with Crippen molar-refractivity contribution in [1.82, 2.24) is 0 Å². The van der Waals surface area contributed by atoms with Gasteiger partial charge < -0.3 is 15.2 Å². The molecule has 0 spiro atoms. The molecule has 1 atom stereocenters. The SMILES string of the molecule is COC(=O)[C@H](N)Cc1ccc([N+](=O)[O-])cc1OC. The lowest BCUT2D eigenvalue weighted by molar-refractivity contribution is -0.384. The van der Waals surface area contributed by atoms with Crippen LogP contribution in [0.3, 0.4) is 0 Å². The number of esters is 1. The lowest BCUT2D eigenvalue weighted by Crippen LogP contribution is -2.33. The van der Waals surface area contributed by atoms with Crippen LogP contribution in [0.2, 0.25) is 0 Å². The fourth-order valence-corrected chi connectivity index (χ4v) is 1.49. The summed E-state index contributed by atoms with van der Waals surface area (Å²) in [5.41, 5.74) is 6.15. The number of hydrogen-bond acceptors (Lipinski definition) is 6. The fraction of sp³-hybridized carbons (Fsp3) is 0.364. The van der Waals surface area contributed by atoms with Crippen LogP contribution in [0.4, 0.5) is 5.69 Å². The normalized spacial score (nSPS) is 11.7. The maximum atomic E-state index is 11.2. The number of carbonyl (C=O) groups is 1. The summed E-state index contributed by atoms with van der Waals surface area (Å²) in [6.07, 6.45) is 0.188. The number of nitro benzene ring substituents is 1. The van der Waals surface area contributed by atoms with Gasteiger partial charge in [0.05, 0.1) is 25.2 Å². The largest absolute Gasteiger partial charge is 0.496 e. The van der Waals surface area contributed by atoms with Crippen molar-refractivity contribution in [3.8, 4) is 5.75 Å². The Labute approximate surface area is 104 Å². The van der Waals surface area contributed by atoms with Crippen LogP contribution in [-0.4, -0.2) is 31.2 Å². The van der Waals surface area contributed by atoms with Crippen molar-refractivity contribution in [1.29, 1.82) is 0 Å².